The molecule has 0 aliphatic rings. The highest BCUT2D eigenvalue weighted by Crippen LogP contribution is 2.20. The van der Waals surface area contributed by atoms with Gasteiger partial charge in [0, 0.05) is 23.8 Å². The molecule has 5 aromatic rings. The van der Waals surface area contributed by atoms with Gasteiger partial charge in [-0.3, -0.25) is 4.79 Å². The number of halogens is 1. The molecule has 198 valence electrons. The van der Waals surface area contributed by atoms with Crippen molar-refractivity contribution in [3.05, 3.63) is 131 Å². The van der Waals surface area contributed by atoms with Crippen LogP contribution in [-0.4, -0.2) is 33.7 Å². The summed E-state index contributed by atoms with van der Waals surface area (Å²) in [7, 11) is 0. The third-order valence-corrected chi connectivity index (χ3v) is 6.91. The summed E-state index contributed by atoms with van der Waals surface area (Å²) in [5, 5.41) is 17.3. The second-order valence-electron chi connectivity index (χ2n) is 9.53. The van der Waals surface area contributed by atoms with E-state index in [0.717, 1.165) is 46.4 Å². The molecule has 7 heteroatoms. The molecule has 39 heavy (non-hydrogen) atoms. The number of hydrogen-bond acceptors (Lipinski definition) is 4. The van der Waals surface area contributed by atoms with Crippen LogP contribution < -0.4 is 10.6 Å². The standard InChI is InChI=1S/C32H31ClN4O2/c33-26-14-10-24(11-15-26)22-37-29-9-5-4-8-28(29)36-31(37)20-32(39)35-27-16-12-23(13-17-27)18-19-34-21-30(38)25-6-2-1-3-7-25/h1-17,30,34,38H,18-22H2,(H,35,39). The maximum Gasteiger partial charge on any atom is 0.231 e. The number of nitrogens with zero attached hydrogens (tertiary/aromatic N) is 2. The van der Waals surface area contributed by atoms with Gasteiger partial charge in [-0.1, -0.05) is 78.3 Å². The highest BCUT2D eigenvalue weighted by Gasteiger charge is 2.15. The molecule has 0 aliphatic heterocycles. The predicted octanol–water partition coefficient (Wildman–Crippen LogP) is 5.78. The number of imidazole rings is 1. The van der Waals surface area contributed by atoms with Gasteiger partial charge in [-0.2, -0.15) is 0 Å². The lowest BCUT2D eigenvalue weighted by Gasteiger charge is -2.12. The molecular weight excluding hydrogens is 508 g/mol. The molecular formula is C32H31ClN4O2. The Morgan fingerprint density at radius 2 is 1.56 bits per heavy atom. The van der Waals surface area contributed by atoms with Crippen molar-refractivity contribution in [2.24, 2.45) is 0 Å². The highest BCUT2D eigenvalue weighted by molar-refractivity contribution is 6.30. The highest BCUT2D eigenvalue weighted by atomic mass is 35.5. The number of carbonyl (C=O) groups is 1. The Morgan fingerprint density at radius 1 is 0.872 bits per heavy atom. The quantitative estimate of drug-likeness (QED) is 0.186. The van der Waals surface area contributed by atoms with Crippen molar-refractivity contribution in [2.75, 3.05) is 18.4 Å². The van der Waals surface area contributed by atoms with Crippen molar-refractivity contribution in [3.8, 4) is 0 Å². The van der Waals surface area contributed by atoms with E-state index in [1.165, 1.54) is 0 Å². The molecule has 0 bridgehead atoms. The Labute approximate surface area is 233 Å². The lowest BCUT2D eigenvalue weighted by Crippen LogP contribution is -2.23. The summed E-state index contributed by atoms with van der Waals surface area (Å²) in [6, 6.07) is 33.2. The second kappa shape index (κ2) is 12.7. The molecule has 0 spiro atoms. The van der Waals surface area contributed by atoms with E-state index in [2.05, 4.69) is 15.2 Å². The molecule has 0 fully saturated rings. The monoisotopic (exact) mass is 538 g/mol. The van der Waals surface area contributed by atoms with Crippen molar-refractivity contribution in [3.63, 3.8) is 0 Å². The molecule has 0 saturated heterocycles. The van der Waals surface area contributed by atoms with E-state index in [9.17, 15) is 9.90 Å². The molecule has 5 rings (SSSR count). The van der Waals surface area contributed by atoms with E-state index in [1.807, 2.05) is 103 Å². The van der Waals surface area contributed by atoms with Gasteiger partial charge in [0.05, 0.1) is 23.6 Å². The summed E-state index contributed by atoms with van der Waals surface area (Å²) in [6.45, 7) is 1.85. The maximum absolute atomic E-state index is 13.0. The van der Waals surface area contributed by atoms with Crippen LogP contribution in [0.4, 0.5) is 5.69 Å². The van der Waals surface area contributed by atoms with E-state index >= 15 is 0 Å². The first kappa shape index (κ1) is 26.6. The number of benzene rings is 4. The van der Waals surface area contributed by atoms with Gasteiger partial charge in [-0.25, -0.2) is 4.98 Å². The van der Waals surface area contributed by atoms with Crippen LogP contribution in [0.15, 0.2) is 103 Å². The Balaban J connectivity index is 1.16. The topological polar surface area (TPSA) is 79.2 Å². The Hall–Kier alpha value is -3.97. The van der Waals surface area contributed by atoms with Gasteiger partial charge < -0.3 is 20.3 Å². The first-order valence-electron chi connectivity index (χ1n) is 13.1. The number of fused-ring (bicyclic) bond motifs is 1. The largest absolute Gasteiger partial charge is 0.387 e. The fraction of sp³-hybridized carbons (Fsp3) is 0.188. The molecule has 6 nitrogen and oxygen atoms in total. The predicted molar refractivity (Wildman–Crippen MR) is 157 cm³/mol. The van der Waals surface area contributed by atoms with E-state index < -0.39 is 6.10 Å². The fourth-order valence-electron chi connectivity index (χ4n) is 4.58. The minimum Gasteiger partial charge on any atom is -0.387 e. The Bertz CT molecular complexity index is 1520. The number of hydrogen-bond donors (Lipinski definition) is 3. The third-order valence-electron chi connectivity index (χ3n) is 6.66. The smallest absolute Gasteiger partial charge is 0.231 e. The zero-order valence-corrected chi connectivity index (χ0v) is 22.3. The number of aliphatic hydroxyl groups is 1. The van der Waals surface area contributed by atoms with Gasteiger partial charge in [-0.05, 0) is 66.1 Å². The summed E-state index contributed by atoms with van der Waals surface area (Å²) in [5.74, 6) is 0.594. The number of aliphatic hydroxyl groups excluding tert-OH is 1. The number of carbonyl (C=O) groups excluding carboxylic acids is 1. The van der Waals surface area contributed by atoms with Crippen molar-refractivity contribution in [1.82, 2.24) is 14.9 Å². The van der Waals surface area contributed by atoms with E-state index in [4.69, 9.17) is 16.6 Å². The summed E-state index contributed by atoms with van der Waals surface area (Å²) >= 11 is 6.06. The normalized spacial score (nSPS) is 11.9. The summed E-state index contributed by atoms with van der Waals surface area (Å²) in [6.07, 6.45) is 0.463. The van der Waals surface area contributed by atoms with Crippen LogP contribution in [0.25, 0.3) is 11.0 Å². The van der Waals surface area contributed by atoms with Gasteiger partial charge in [0.1, 0.15) is 5.82 Å². The van der Waals surface area contributed by atoms with Crippen molar-refractivity contribution >= 4 is 34.2 Å². The molecule has 1 aromatic heterocycles. The van der Waals surface area contributed by atoms with E-state index in [0.29, 0.717) is 23.9 Å². The van der Waals surface area contributed by atoms with Crippen LogP contribution in [0.1, 0.15) is 28.6 Å². The first-order chi connectivity index (χ1) is 19.0. The van der Waals surface area contributed by atoms with Crippen LogP contribution in [-0.2, 0) is 24.2 Å². The SMILES string of the molecule is O=C(Cc1nc2ccccc2n1Cc1ccc(Cl)cc1)Nc1ccc(CCNCC(O)c2ccccc2)cc1. The van der Waals surface area contributed by atoms with E-state index in [-0.39, 0.29) is 12.3 Å². The van der Waals surface area contributed by atoms with Crippen LogP contribution in [0.3, 0.4) is 0 Å². The first-order valence-corrected chi connectivity index (χ1v) is 13.4. The van der Waals surface area contributed by atoms with Crippen LogP contribution in [0.2, 0.25) is 5.02 Å². The van der Waals surface area contributed by atoms with Crippen LogP contribution in [0, 0.1) is 0 Å². The van der Waals surface area contributed by atoms with E-state index in [1.54, 1.807) is 0 Å². The number of rotatable bonds is 11. The Kier molecular flexibility index (Phi) is 8.68. The summed E-state index contributed by atoms with van der Waals surface area (Å²) in [4.78, 5) is 17.7. The number of anilines is 1. The van der Waals surface area contributed by atoms with Gasteiger partial charge in [-0.15, -0.1) is 0 Å². The molecule has 1 amide bonds. The minimum atomic E-state index is -0.525. The average Bonchev–Trinajstić information content (AvgIpc) is 3.30. The van der Waals surface area contributed by atoms with Crippen molar-refractivity contribution < 1.29 is 9.90 Å². The summed E-state index contributed by atoms with van der Waals surface area (Å²) < 4.78 is 2.09. The van der Waals surface area contributed by atoms with Crippen molar-refractivity contribution in [1.29, 1.82) is 0 Å². The molecule has 1 unspecified atom stereocenters. The minimum absolute atomic E-state index is 0.119. The van der Waals surface area contributed by atoms with Gasteiger partial charge >= 0.3 is 0 Å². The maximum atomic E-state index is 13.0. The average molecular weight is 539 g/mol. The molecule has 1 heterocycles. The van der Waals surface area contributed by atoms with Crippen molar-refractivity contribution in [2.45, 2.75) is 25.5 Å². The molecule has 0 radical (unpaired) electrons. The lowest BCUT2D eigenvalue weighted by atomic mass is 10.1. The molecule has 4 aromatic carbocycles. The summed E-state index contributed by atoms with van der Waals surface area (Å²) in [5.41, 5.74) is 5.75. The van der Waals surface area contributed by atoms with Gasteiger partial charge in [0.15, 0.2) is 0 Å². The van der Waals surface area contributed by atoms with Crippen LogP contribution in [0.5, 0.6) is 0 Å². The molecule has 0 aliphatic carbocycles. The number of aromatic nitrogens is 2. The molecule has 3 N–H and O–H groups in total. The Morgan fingerprint density at radius 3 is 2.33 bits per heavy atom. The number of amides is 1. The third kappa shape index (κ3) is 7.12. The van der Waals surface area contributed by atoms with Gasteiger partial charge in [0.25, 0.3) is 0 Å². The second-order valence-corrected chi connectivity index (χ2v) is 9.97. The fourth-order valence-corrected chi connectivity index (χ4v) is 4.70. The lowest BCUT2D eigenvalue weighted by molar-refractivity contribution is -0.115. The molecule has 1 atom stereocenters. The molecule has 0 saturated carbocycles. The number of para-hydroxylation sites is 2. The number of nitrogens with one attached hydrogen (secondary N) is 2. The van der Waals surface area contributed by atoms with Gasteiger partial charge in [0.2, 0.25) is 5.91 Å². The van der Waals surface area contributed by atoms with Crippen LogP contribution >= 0.6 is 11.6 Å². The zero-order chi connectivity index (χ0) is 27.0. The zero-order valence-electron chi connectivity index (χ0n) is 21.6.